The lowest BCUT2D eigenvalue weighted by atomic mass is 10.0. The molecule has 1 saturated heterocycles. The van der Waals surface area contributed by atoms with Gasteiger partial charge in [-0.25, -0.2) is 9.97 Å². The first-order valence-electron chi connectivity index (χ1n) is 11.5. The van der Waals surface area contributed by atoms with Crippen molar-refractivity contribution in [1.82, 2.24) is 14.9 Å². The third kappa shape index (κ3) is 4.85. The van der Waals surface area contributed by atoms with E-state index in [1.807, 2.05) is 22.4 Å². The number of benzene rings is 1. The van der Waals surface area contributed by atoms with Gasteiger partial charge in [0, 0.05) is 49.8 Å². The van der Waals surface area contributed by atoms with Gasteiger partial charge >= 0.3 is 0 Å². The van der Waals surface area contributed by atoms with Crippen LogP contribution in [0.25, 0.3) is 0 Å². The van der Waals surface area contributed by atoms with E-state index in [0.717, 1.165) is 48.1 Å². The van der Waals surface area contributed by atoms with Crippen molar-refractivity contribution >= 4 is 23.1 Å². The second-order valence-corrected chi connectivity index (χ2v) is 9.65. The van der Waals surface area contributed by atoms with E-state index < -0.39 is 0 Å². The number of aromatic nitrogens is 2. The highest BCUT2D eigenvalue weighted by Gasteiger charge is 2.26. The molecule has 4 rings (SSSR count). The highest BCUT2D eigenvalue weighted by molar-refractivity contribution is 7.12. The Balaban J connectivity index is 1.60. The Morgan fingerprint density at radius 2 is 1.78 bits per heavy atom. The molecule has 0 aliphatic carbocycles. The molecule has 5 nitrogen and oxygen atoms in total. The first kappa shape index (κ1) is 22.5. The number of thiophene rings is 1. The maximum Gasteiger partial charge on any atom is 0.264 e. The molecule has 0 unspecified atom stereocenters. The van der Waals surface area contributed by atoms with Crippen LogP contribution in [0.15, 0.2) is 41.8 Å². The molecule has 168 valence electrons. The number of hydrogen-bond acceptors (Lipinski definition) is 5. The van der Waals surface area contributed by atoms with Gasteiger partial charge in [-0.15, -0.1) is 11.3 Å². The standard InChI is InChI=1S/C26H32N4OS/c1-5-19(3)24-27-20(4)22(17-21-10-8-18(2)9-11-21)25(28-24)29-12-14-30(15-13-29)26(31)23-7-6-16-32-23/h6-11,16,19H,5,12-15,17H2,1-4H3/t19-/m1/s1. The molecule has 0 N–H and O–H groups in total. The number of anilines is 1. The van der Waals surface area contributed by atoms with Crippen LogP contribution in [0.1, 0.15) is 64.1 Å². The molecule has 1 aliphatic rings. The zero-order valence-electron chi connectivity index (χ0n) is 19.5. The van der Waals surface area contributed by atoms with Gasteiger partial charge in [0.25, 0.3) is 5.91 Å². The zero-order valence-corrected chi connectivity index (χ0v) is 20.3. The van der Waals surface area contributed by atoms with Gasteiger partial charge in [-0.05, 0) is 37.3 Å². The predicted octanol–water partition coefficient (Wildman–Crippen LogP) is 5.22. The Labute approximate surface area is 195 Å². The van der Waals surface area contributed by atoms with Crippen LogP contribution in [0.2, 0.25) is 0 Å². The van der Waals surface area contributed by atoms with Gasteiger partial charge in [-0.1, -0.05) is 49.7 Å². The quantitative estimate of drug-likeness (QED) is 0.519. The number of amides is 1. The third-order valence-corrected chi connectivity index (χ3v) is 7.22. The Morgan fingerprint density at radius 1 is 1.06 bits per heavy atom. The summed E-state index contributed by atoms with van der Waals surface area (Å²) in [4.78, 5) is 27.9. The van der Waals surface area contributed by atoms with Gasteiger partial charge < -0.3 is 9.80 Å². The minimum atomic E-state index is 0.138. The van der Waals surface area contributed by atoms with E-state index in [0.29, 0.717) is 19.0 Å². The molecule has 1 atom stereocenters. The minimum Gasteiger partial charge on any atom is -0.353 e. The second kappa shape index (κ2) is 9.82. The first-order chi connectivity index (χ1) is 15.5. The zero-order chi connectivity index (χ0) is 22.7. The fourth-order valence-electron chi connectivity index (χ4n) is 4.06. The molecule has 6 heteroatoms. The molecule has 0 saturated carbocycles. The van der Waals surface area contributed by atoms with E-state index in [9.17, 15) is 4.79 Å². The number of carbonyl (C=O) groups is 1. The number of aryl methyl sites for hydroxylation is 2. The molecule has 2 aromatic heterocycles. The number of piperazine rings is 1. The summed E-state index contributed by atoms with van der Waals surface area (Å²) in [5, 5.41) is 1.96. The molecular weight excluding hydrogens is 416 g/mol. The second-order valence-electron chi connectivity index (χ2n) is 8.70. The van der Waals surface area contributed by atoms with Crippen LogP contribution < -0.4 is 4.90 Å². The summed E-state index contributed by atoms with van der Waals surface area (Å²) in [5.41, 5.74) is 4.79. The van der Waals surface area contributed by atoms with Crippen molar-refractivity contribution in [1.29, 1.82) is 0 Å². The average Bonchev–Trinajstić information content (AvgIpc) is 3.35. The van der Waals surface area contributed by atoms with Crippen LogP contribution in [0, 0.1) is 13.8 Å². The summed E-state index contributed by atoms with van der Waals surface area (Å²) >= 11 is 1.51. The Hall–Kier alpha value is -2.73. The summed E-state index contributed by atoms with van der Waals surface area (Å²) in [5.74, 6) is 2.42. The van der Waals surface area contributed by atoms with Crippen LogP contribution >= 0.6 is 11.3 Å². The fourth-order valence-corrected chi connectivity index (χ4v) is 4.75. The normalized spacial score (nSPS) is 15.1. The maximum atomic E-state index is 12.8. The van der Waals surface area contributed by atoms with E-state index in [1.54, 1.807) is 0 Å². The molecule has 1 aromatic carbocycles. The lowest BCUT2D eigenvalue weighted by Crippen LogP contribution is -2.49. The Morgan fingerprint density at radius 3 is 2.41 bits per heavy atom. The molecule has 1 aliphatic heterocycles. The number of hydrogen-bond donors (Lipinski definition) is 0. The van der Waals surface area contributed by atoms with E-state index in [2.05, 4.69) is 56.9 Å². The van der Waals surface area contributed by atoms with Gasteiger partial charge in [0.2, 0.25) is 0 Å². The largest absolute Gasteiger partial charge is 0.353 e. The molecule has 32 heavy (non-hydrogen) atoms. The topological polar surface area (TPSA) is 49.3 Å². The van der Waals surface area contributed by atoms with Gasteiger partial charge in [-0.2, -0.15) is 0 Å². The van der Waals surface area contributed by atoms with Crippen molar-refractivity contribution in [3.8, 4) is 0 Å². The van der Waals surface area contributed by atoms with Gasteiger partial charge in [-0.3, -0.25) is 4.79 Å². The Kier molecular flexibility index (Phi) is 6.89. The van der Waals surface area contributed by atoms with Crippen molar-refractivity contribution in [2.75, 3.05) is 31.1 Å². The number of rotatable bonds is 6. The van der Waals surface area contributed by atoms with Crippen molar-refractivity contribution in [3.63, 3.8) is 0 Å². The Bertz CT molecular complexity index is 1050. The van der Waals surface area contributed by atoms with Crippen molar-refractivity contribution in [2.45, 2.75) is 46.5 Å². The molecule has 0 radical (unpaired) electrons. The molecule has 0 bridgehead atoms. The number of carbonyl (C=O) groups excluding carboxylic acids is 1. The summed E-state index contributed by atoms with van der Waals surface area (Å²) in [7, 11) is 0. The van der Waals surface area contributed by atoms with Gasteiger partial charge in [0.05, 0.1) is 4.88 Å². The van der Waals surface area contributed by atoms with Crippen LogP contribution in [-0.2, 0) is 6.42 Å². The summed E-state index contributed by atoms with van der Waals surface area (Å²) in [6, 6.07) is 12.6. The fraction of sp³-hybridized carbons (Fsp3) is 0.423. The number of nitrogens with zero attached hydrogens (tertiary/aromatic N) is 4. The van der Waals surface area contributed by atoms with Gasteiger partial charge in [0.1, 0.15) is 11.6 Å². The maximum absolute atomic E-state index is 12.8. The van der Waals surface area contributed by atoms with E-state index in [-0.39, 0.29) is 5.91 Å². The summed E-state index contributed by atoms with van der Waals surface area (Å²) in [6.45, 7) is 11.6. The van der Waals surface area contributed by atoms with Crippen LogP contribution in [0.4, 0.5) is 5.82 Å². The lowest BCUT2D eigenvalue weighted by molar-refractivity contribution is 0.0751. The summed E-state index contributed by atoms with van der Waals surface area (Å²) in [6.07, 6.45) is 1.83. The highest BCUT2D eigenvalue weighted by atomic mass is 32.1. The van der Waals surface area contributed by atoms with Gasteiger partial charge in [0.15, 0.2) is 0 Å². The van der Waals surface area contributed by atoms with Crippen LogP contribution in [0.3, 0.4) is 0 Å². The minimum absolute atomic E-state index is 0.138. The predicted molar refractivity (Wildman–Crippen MR) is 132 cm³/mol. The summed E-state index contributed by atoms with van der Waals surface area (Å²) < 4.78 is 0. The lowest BCUT2D eigenvalue weighted by Gasteiger charge is -2.36. The molecule has 1 amide bonds. The molecular formula is C26H32N4OS. The van der Waals surface area contributed by atoms with E-state index in [1.165, 1.54) is 28.0 Å². The van der Waals surface area contributed by atoms with E-state index in [4.69, 9.17) is 9.97 Å². The van der Waals surface area contributed by atoms with Crippen LogP contribution in [0.5, 0.6) is 0 Å². The monoisotopic (exact) mass is 448 g/mol. The SMILES string of the molecule is CC[C@@H](C)c1nc(C)c(Cc2ccc(C)cc2)c(N2CCN(C(=O)c3cccs3)CC2)n1. The molecule has 3 aromatic rings. The van der Waals surface area contributed by atoms with Crippen molar-refractivity contribution in [2.24, 2.45) is 0 Å². The van der Waals surface area contributed by atoms with Crippen LogP contribution in [-0.4, -0.2) is 47.0 Å². The molecule has 0 spiro atoms. The van der Waals surface area contributed by atoms with Crippen molar-refractivity contribution in [3.05, 3.63) is 74.9 Å². The van der Waals surface area contributed by atoms with E-state index >= 15 is 0 Å². The third-order valence-electron chi connectivity index (χ3n) is 6.36. The van der Waals surface area contributed by atoms with Crippen molar-refractivity contribution < 1.29 is 4.79 Å². The highest BCUT2D eigenvalue weighted by Crippen LogP contribution is 2.28. The average molecular weight is 449 g/mol. The smallest absolute Gasteiger partial charge is 0.264 e. The molecule has 1 fully saturated rings. The first-order valence-corrected chi connectivity index (χ1v) is 12.3. The molecule has 3 heterocycles.